The summed E-state index contributed by atoms with van der Waals surface area (Å²) in [5.74, 6) is 1.80. The van der Waals surface area contributed by atoms with Crippen molar-refractivity contribution in [3.63, 3.8) is 0 Å². The number of ether oxygens (including phenoxy) is 2. The Bertz CT molecular complexity index is 550. The Morgan fingerprint density at radius 3 is 2.50 bits per heavy atom. The number of halogens is 1. The lowest BCUT2D eigenvalue weighted by Gasteiger charge is -2.15. The van der Waals surface area contributed by atoms with E-state index in [1.807, 2.05) is 32.0 Å². The first-order valence-corrected chi connectivity index (χ1v) is 7.58. The van der Waals surface area contributed by atoms with Crippen molar-refractivity contribution in [3.05, 3.63) is 18.2 Å². The van der Waals surface area contributed by atoms with Crippen molar-refractivity contribution in [3.8, 4) is 11.5 Å². The van der Waals surface area contributed by atoms with Crippen LogP contribution in [0.4, 0.5) is 5.69 Å². The zero-order valence-corrected chi connectivity index (χ0v) is 17.2. The normalized spacial score (nSPS) is 10.5. The van der Waals surface area contributed by atoms with Gasteiger partial charge in [-0.2, -0.15) is 0 Å². The smallest absolute Gasteiger partial charge is 0.243 e. The molecule has 0 unspecified atom stereocenters. The summed E-state index contributed by atoms with van der Waals surface area (Å²) in [6.45, 7) is 5.20. The molecule has 2 N–H and O–H groups in total. The second-order valence-corrected chi connectivity index (χ2v) is 4.91. The van der Waals surface area contributed by atoms with Crippen molar-refractivity contribution in [2.75, 3.05) is 46.2 Å². The van der Waals surface area contributed by atoms with Gasteiger partial charge in [0.15, 0.2) is 17.5 Å². The molecule has 1 aromatic rings. The average Bonchev–Trinajstić information content (AvgIpc) is 2.53. The summed E-state index contributed by atoms with van der Waals surface area (Å²) < 4.78 is 10.8. The maximum absolute atomic E-state index is 11.7. The standard InChI is InChI=1S/C16H26N4O3.HI/c1-6-17-16(18-11-15(21)20(3)4)19-12-8-9-13(22-5)14(10-12)23-7-2;/h8-10H,6-7,11H2,1-5H3,(H2,17,18,19);1H. The first kappa shape index (κ1) is 22.3. The number of anilines is 1. The van der Waals surface area contributed by atoms with Crippen LogP contribution < -0.4 is 20.1 Å². The van der Waals surface area contributed by atoms with Crippen LogP contribution >= 0.6 is 24.0 Å². The molecule has 7 nitrogen and oxygen atoms in total. The fraction of sp³-hybridized carbons (Fsp3) is 0.500. The zero-order chi connectivity index (χ0) is 17.2. The van der Waals surface area contributed by atoms with Gasteiger partial charge in [-0.15, -0.1) is 24.0 Å². The van der Waals surface area contributed by atoms with E-state index in [4.69, 9.17) is 9.47 Å². The van der Waals surface area contributed by atoms with Crippen LogP contribution in [0, 0.1) is 0 Å². The molecule has 0 aliphatic rings. The molecule has 0 saturated carbocycles. The highest BCUT2D eigenvalue weighted by atomic mass is 127. The molecule has 0 heterocycles. The number of hydrogen-bond donors (Lipinski definition) is 2. The number of nitrogens with zero attached hydrogens (tertiary/aromatic N) is 2. The number of likely N-dealkylation sites (N-methyl/N-ethyl adjacent to an activating group) is 1. The lowest BCUT2D eigenvalue weighted by molar-refractivity contribution is -0.127. The monoisotopic (exact) mass is 450 g/mol. The van der Waals surface area contributed by atoms with Crippen LogP contribution in [-0.4, -0.2) is 57.7 Å². The van der Waals surface area contributed by atoms with Gasteiger partial charge in [0, 0.05) is 32.4 Å². The van der Waals surface area contributed by atoms with Crippen LogP contribution in [0.3, 0.4) is 0 Å². The number of benzene rings is 1. The fourth-order valence-electron chi connectivity index (χ4n) is 1.75. The molecule has 0 aliphatic carbocycles. The summed E-state index contributed by atoms with van der Waals surface area (Å²) in [4.78, 5) is 17.4. The third-order valence-electron chi connectivity index (χ3n) is 2.94. The number of methoxy groups -OCH3 is 1. The predicted octanol–water partition coefficient (Wildman–Crippen LogP) is 2.18. The van der Waals surface area contributed by atoms with Crippen LogP contribution in [0.1, 0.15) is 13.8 Å². The summed E-state index contributed by atoms with van der Waals surface area (Å²) in [5.41, 5.74) is 0.797. The van der Waals surface area contributed by atoms with Crippen molar-refractivity contribution >= 4 is 41.5 Å². The maximum Gasteiger partial charge on any atom is 0.243 e. The third-order valence-corrected chi connectivity index (χ3v) is 2.94. The molecule has 0 aliphatic heterocycles. The van der Waals surface area contributed by atoms with E-state index in [1.165, 1.54) is 4.90 Å². The van der Waals surface area contributed by atoms with Crippen molar-refractivity contribution in [1.82, 2.24) is 10.2 Å². The van der Waals surface area contributed by atoms with Gasteiger partial charge in [0.1, 0.15) is 6.54 Å². The number of amides is 1. The van der Waals surface area contributed by atoms with Gasteiger partial charge >= 0.3 is 0 Å². The molecule has 8 heteroatoms. The molecule has 0 atom stereocenters. The first-order valence-electron chi connectivity index (χ1n) is 7.58. The Kier molecular flexibility index (Phi) is 10.9. The zero-order valence-electron chi connectivity index (χ0n) is 14.9. The topological polar surface area (TPSA) is 75.2 Å². The van der Waals surface area contributed by atoms with E-state index >= 15 is 0 Å². The lowest BCUT2D eigenvalue weighted by atomic mass is 10.2. The van der Waals surface area contributed by atoms with Gasteiger partial charge in [0.05, 0.1) is 13.7 Å². The lowest BCUT2D eigenvalue weighted by Crippen LogP contribution is -2.32. The van der Waals surface area contributed by atoms with E-state index in [2.05, 4.69) is 15.6 Å². The number of rotatable bonds is 7. The van der Waals surface area contributed by atoms with E-state index in [1.54, 1.807) is 21.2 Å². The number of carbonyl (C=O) groups excluding carboxylic acids is 1. The summed E-state index contributed by atoms with van der Waals surface area (Å²) in [7, 11) is 5.01. The molecule has 0 bridgehead atoms. The van der Waals surface area contributed by atoms with E-state index < -0.39 is 0 Å². The third kappa shape index (κ3) is 7.24. The predicted molar refractivity (Wildman–Crippen MR) is 108 cm³/mol. The van der Waals surface area contributed by atoms with Crippen LogP contribution in [0.25, 0.3) is 0 Å². The Balaban J connectivity index is 0.00000529. The van der Waals surface area contributed by atoms with E-state index in [9.17, 15) is 4.79 Å². The van der Waals surface area contributed by atoms with Crippen molar-refractivity contribution < 1.29 is 14.3 Å². The fourth-order valence-corrected chi connectivity index (χ4v) is 1.75. The van der Waals surface area contributed by atoms with Gasteiger partial charge in [-0.3, -0.25) is 4.79 Å². The van der Waals surface area contributed by atoms with Gasteiger partial charge in [-0.05, 0) is 26.0 Å². The molecule has 0 spiro atoms. The Morgan fingerprint density at radius 1 is 1.25 bits per heavy atom. The molecular formula is C16H27IN4O3. The highest BCUT2D eigenvalue weighted by Gasteiger charge is 2.08. The Morgan fingerprint density at radius 2 is 1.96 bits per heavy atom. The van der Waals surface area contributed by atoms with Crippen molar-refractivity contribution in [1.29, 1.82) is 0 Å². The summed E-state index contributed by atoms with van der Waals surface area (Å²) >= 11 is 0. The second-order valence-electron chi connectivity index (χ2n) is 4.91. The number of guanidine groups is 1. The minimum absolute atomic E-state index is 0. The van der Waals surface area contributed by atoms with E-state index in [0.717, 1.165) is 5.69 Å². The molecule has 0 aromatic heterocycles. The largest absolute Gasteiger partial charge is 0.493 e. The number of carbonyl (C=O) groups is 1. The molecule has 1 amide bonds. The van der Waals surface area contributed by atoms with Crippen molar-refractivity contribution in [2.45, 2.75) is 13.8 Å². The number of hydrogen-bond acceptors (Lipinski definition) is 4. The summed E-state index contributed by atoms with van der Waals surface area (Å²) in [6.07, 6.45) is 0. The van der Waals surface area contributed by atoms with Crippen LogP contribution in [-0.2, 0) is 4.79 Å². The van der Waals surface area contributed by atoms with E-state index in [-0.39, 0.29) is 36.4 Å². The minimum atomic E-state index is -0.0630. The molecule has 0 saturated heterocycles. The minimum Gasteiger partial charge on any atom is -0.493 e. The van der Waals surface area contributed by atoms with Gasteiger partial charge in [0.2, 0.25) is 5.91 Å². The maximum atomic E-state index is 11.7. The molecule has 1 rings (SSSR count). The van der Waals surface area contributed by atoms with Gasteiger partial charge in [-0.25, -0.2) is 4.99 Å². The number of nitrogens with one attached hydrogen (secondary N) is 2. The van der Waals surface area contributed by atoms with Gasteiger partial charge in [0.25, 0.3) is 0 Å². The Hall–Kier alpha value is -1.71. The highest BCUT2D eigenvalue weighted by Crippen LogP contribution is 2.30. The number of aliphatic imine (C=N–C) groups is 1. The molecule has 136 valence electrons. The molecule has 0 fully saturated rings. The first-order chi connectivity index (χ1) is 11.0. The highest BCUT2D eigenvalue weighted by molar-refractivity contribution is 14.0. The van der Waals surface area contributed by atoms with Gasteiger partial charge in [-0.1, -0.05) is 0 Å². The molecule has 1 aromatic carbocycles. The van der Waals surface area contributed by atoms with E-state index in [0.29, 0.717) is 30.6 Å². The van der Waals surface area contributed by atoms with Crippen LogP contribution in [0.2, 0.25) is 0 Å². The van der Waals surface area contributed by atoms with Gasteiger partial charge < -0.3 is 25.0 Å². The average molecular weight is 450 g/mol. The van der Waals surface area contributed by atoms with Crippen molar-refractivity contribution in [2.24, 2.45) is 4.99 Å². The quantitative estimate of drug-likeness (QED) is 0.379. The molecule has 24 heavy (non-hydrogen) atoms. The SMILES string of the molecule is CCNC(=NCC(=O)N(C)C)Nc1ccc(OC)c(OCC)c1.I. The van der Waals surface area contributed by atoms with Crippen LogP contribution in [0.5, 0.6) is 11.5 Å². The molecular weight excluding hydrogens is 423 g/mol. The van der Waals surface area contributed by atoms with Crippen LogP contribution in [0.15, 0.2) is 23.2 Å². The Labute approximate surface area is 160 Å². The second kappa shape index (κ2) is 11.8. The molecule has 0 radical (unpaired) electrons. The summed E-state index contributed by atoms with van der Waals surface area (Å²) in [5, 5.41) is 6.26. The summed E-state index contributed by atoms with van der Waals surface area (Å²) in [6, 6.07) is 5.52.